The molecule has 0 saturated carbocycles. The van der Waals surface area contributed by atoms with Gasteiger partial charge in [-0.2, -0.15) is 21.6 Å². The molecule has 0 bridgehead atoms. The van der Waals surface area contributed by atoms with Crippen LogP contribution in [0.15, 0.2) is 27.8 Å². The van der Waals surface area contributed by atoms with Gasteiger partial charge in [-0.15, -0.1) is 0 Å². The number of alkyl halides is 3. The van der Waals surface area contributed by atoms with E-state index in [9.17, 15) is 35.6 Å². The third kappa shape index (κ3) is 4.02. The van der Waals surface area contributed by atoms with Crippen molar-refractivity contribution < 1.29 is 47.5 Å². The Morgan fingerprint density at radius 1 is 1.12 bits per heavy atom. The van der Waals surface area contributed by atoms with Crippen molar-refractivity contribution in [2.75, 3.05) is 11.3 Å². The number of sulfonamides is 1. The third-order valence-electron chi connectivity index (χ3n) is 2.92. The number of hydrogen-bond acceptors (Lipinski definition) is 5. The number of nitrogens with one attached hydrogen (secondary N) is 1. The summed E-state index contributed by atoms with van der Waals surface area (Å²) in [5, 5.41) is 0. The second-order valence-electron chi connectivity index (χ2n) is 4.57. The fourth-order valence-electron chi connectivity index (χ4n) is 1.91. The van der Waals surface area contributed by atoms with Crippen LogP contribution in [-0.4, -0.2) is 20.5 Å². The van der Waals surface area contributed by atoms with E-state index in [1.54, 1.807) is 6.92 Å². The molecule has 139 valence electrons. The van der Waals surface area contributed by atoms with Gasteiger partial charge in [-0.1, -0.05) is 0 Å². The van der Waals surface area contributed by atoms with Crippen molar-refractivity contribution in [3.05, 3.63) is 44.5 Å². The summed E-state index contributed by atoms with van der Waals surface area (Å²) in [6.45, 7) is 1.73. The van der Waals surface area contributed by atoms with Gasteiger partial charge < -0.3 is 4.74 Å². The maximum atomic E-state index is 13.5. The number of rotatable bonds is 5. The summed E-state index contributed by atoms with van der Waals surface area (Å²) < 4.78 is 78.9. The van der Waals surface area contributed by atoms with Crippen molar-refractivity contribution in [2.45, 2.75) is 12.4 Å². The number of benzene rings is 1. The van der Waals surface area contributed by atoms with E-state index in [1.807, 2.05) is 0 Å². The molecule has 0 aliphatic heterocycles. The minimum atomic E-state index is -5.89. The molecule has 0 unspecified atom stereocenters. The first-order chi connectivity index (χ1) is 11.0. The summed E-state index contributed by atoms with van der Waals surface area (Å²) in [4.78, 5) is 23.0. The first kappa shape index (κ1) is 21.1. The molecule has 0 amide bonds. The van der Waals surface area contributed by atoms with E-state index >= 15 is 0 Å². The fraction of sp³-hybridized carbons (Fsp3) is 0.231. The Balaban J connectivity index is 0.00000312. The second kappa shape index (κ2) is 7.13. The van der Waals surface area contributed by atoms with Crippen LogP contribution in [0.4, 0.5) is 23.2 Å². The Bertz CT molecular complexity index is 964. The molecule has 0 heterocycles. The van der Waals surface area contributed by atoms with E-state index in [-0.39, 0.29) is 34.7 Å². The normalized spacial score (nSPS) is 11.9. The molecule has 1 N–H and O–H groups in total. The van der Waals surface area contributed by atoms with Crippen molar-refractivity contribution >= 4 is 15.7 Å². The molecule has 6 nitrogen and oxygen atoms in total. The second-order valence-corrected chi connectivity index (χ2v) is 6.24. The summed E-state index contributed by atoms with van der Waals surface area (Å²) in [6.07, 6.45) is 0. The number of ether oxygens (including phenoxy) is 1. The van der Waals surface area contributed by atoms with Gasteiger partial charge in [0.15, 0.2) is 0 Å². The summed E-state index contributed by atoms with van der Waals surface area (Å²) in [6, 6.07) is 2.83. The Labute approximate surface area is 148 Å². The van der Waals surface area contributed by atoms with Gasteiger partial charge in [-0.3, -0.25) is 14.3 Å². The summed E-state index contributed by atoms with van der Waals surface area (Å²) in [7, 11) is -5.89. The SMILES string of the molecule is CCOc1cc(F)cc(-c2c(NS(=O)(=O)C(F)(F)F)c(=O)c2=O)c1.[Co]. The van der Waals surface area contributed by atoms with Crippen molar-refractivity contribution in [1.82, 2.24) is 0 Å². The molecule has 0 atom stereocenters. The topological polar surface area (TPSA) is 89.5 Å². The molecular formula is C13H9CoF4NO5S. The van der Waals surface area contributed by atoms with Gasteiger partial charge in [0.2, 0.25) is 5.43 Å². The van der Waals surface area contributed by atoms with E-state index in [4.69, 9.17) is 4.74 Å². The zero-order chi connectivity index (χ0) is 18.3. The zero-order valence-corrected chi connectivity index (χ0v) is 14.1. The van der Waals surface area contributed by atoms with E-state index in [2.05, 4.69) is 0 Å². The Hall–Kier alpha value is -1.92. The molecule has 2 aromatic rings. The largest absolute Gasteiger partial charge is 0.516 e. The van der Waals surface area contributed by atoms with Gasteiger partial charge in [0.25, 0.3) is 5.43 Å². The molecule has 2 aromatic carbocycles. The average molecular weight is 426 g/mol. The first-order valence-electron chi connectivity index (χ1n) is 6.34. The summed E-state index contributed by atoms with van der Waals surface area (Å²) >= 11 is 0. The molecular weight excluding hydrogens is 417 g/mol. The van der Waals surface area contributed by atoms with Crippen LogP contribution in [0.5, 0.6) is 5.75 Å². The quantitative estimate of drug-likeness (QED) is 0.582. The molecule has 0 aromatic heterocycles. The number of hydrogen-bond donors (Lipinski definition) is 1. The number of halogens is 4. The summed E-state index contributed by atoms with van der Waals surface area (Å²) in [5.41, 5.74) is -10.4. The van der Waals surface area contributed by atoms with E-state index < -0.39 is 43.5 Å². The Morgan fingerprint density at radius 2 is 1.72 bits per heavy atom. The average Bonchev–Trinajstić information content (AvgIpc) is 2.44. The minimum absolute atomic E-state index is 0. The maximum absolute atomic E-state index is 13.5. The van der Waals surface area contributed by atoms with E-state index in [1.165, 1.54) is 0 Å². The standard InChI is InChI=1S/C13H9F4NO5S.Co/c1-2-23-8-4-6(3-7(14)5-8)9-10(12(20)11(9)19)18-24(21,22)13(15,16)17;/h3-5,18H,2H2,1H3;. The van der Waals surface area contributed by atoms with Crippen molar-refractivity contribution in [3.8, 4) is 16.9 Å². The Morgan fingerprint density at radius 3 is 2.24 bits per heavy atom. The molecule has 0 aliphatic rings. The molecule has 12 heteroatoms. The van der Waals surface area contributed by atoms with Crippen molar-refractivity contribution in [1.29, 1.82) is 0 Å². The maximum Gasteiger partial charge on any atom is 0.516 e. The molecule has 1 radical (unpaired) electrons. The van der Waals surface area contributed by atoms with Crippen LogP contribution in [0.1, 0.15) is 6.92 Å². The van der Waals surface area contributed by atoms with Crippen LogP contribution < -0.4 is 20.3 Å². The molecule has 25 heavy (non-hydrogen) atoms. The van der Waals surface area contributed by atoms with E-state index in [0.717, 1.165) is 22.9 Å². The van der Waals surface area contributed by atoms with Gasteiger partial charge in [-0.05, 0) is 24.6 Å². The van der Waals surface area contributed by atoms with Crippen LogP contribution in [0, 0.1) is 5.82 Å². The van der Waals surface area contributed by atoms with Gasteiger partial charge in [-0.25, -0.2) is 4.39 Å². The van der Waals surface area contributed by atoms with Crippen molar-refractivity contribution in [2.24, 2.45) is 0 Å². The van der Waals surface area contributed by atoms with Gasteiger partial charge in [0.1, 0.15) is 17.3 Å². The van der Waals surface area contributed by atoms with Crippen LogP contribution in [0.25, 0.3) is 11.1 Å². The van der Waals surface area contributed by atoms with Crippen LogP contribution in [-0.2, 0) is 26.8 Å². The Kier molecular flexibility index (Phi) is 6.03. The fourth-order valence-corrected chi connectivity index (χ4v) is 2.49. The molecule has 0 spiro atoms. The van der Waals surface area contributed by atoms with E-state index in [0.29, 0.717) is 0 Å². The zero-order valence-electron chi connectivity index (χ0n) is 12.2. The number of anilines is 1. The minimum Gasteiger partial charge on any atom is -0.494 e. The third-order valence-corrected chi connectivity index (χ3v) is 4.00. The smallest absolute Gasteiger partial charge is 0.494 e. The predicted molar refractivity (Wildman–Crippen MR) is 76.5 cm³/mol. The van der Waals surface area contributed by atoms with Crippen LogP contribution in [0.2, 0.25) is 0 Å². The van der Waals surface area contributed by atoms with Crippen LogP contribution >= 0.6 is 0 Å². The molecule has 0 saturated heterocycles. The van der Waals surface area contributed by atoms with Gasteiger partial charge in [0, 0.05) is 22.8 Å². The molecule has 0 aliphatic carbocycles. The van der Waals surface area contributed by atoms with Gasteiger partial charge >= 0.3 is 15.5 Å². The monoisotopic (exact) mass is 426 g/mol. The predicted octanol–water partition coefficient (Wildman–Crippen LogP) is 1.75. The molecule has 2 rings (SSSR count). The first-order valence-corrected chi connectivity index (χ1v) is 7.82. The molecule has 0 fully saturated rings. The van der Waals surface area contributed by atoms with Crippen molar-refractivity contribution in [3.63, 3.8) is 0 Å². The van der Waals surface area contributed by atoms with Crippen LogP contribution in [0.3, 0.4) is 0 Å². The summed E-state index contributed by atoms with van der Waals surface area (Å²) in [5.74, 6) is -0.918. The van der Waals surface area contributed by atoms with Gasteiger partial charge in [0.05, 0.1) is 12.2 Å².